The zero-order valence-electron chi connectivity index (χ0n) is 13.5. The van der Waals surface area contributed by atoms with Gasteiger partial charge in [-0.1, -0.05) is 18.2 Å². The maximum absolute atomic E-state index is 12.0. The molecule has 1 amide bonds. The number of aryl methyl sites for hydroxylation is 1. The van der Waals surface area contributed by atoms with Crippen molar-refractivity contribution in [3.05, 3.63) is 61.9 Å². The van der Waals surface area contributed by atoms with E-state index in [2.05, 4.69) is 32.3 Å². The molecular formula is C17H20N4O3. The van der Waals surface area contributed by atoms with Crippen molar-refractivity contribution in [2.75, 3.05) is 24.5 Å². The first kappa shape index (κ1) is 16.0. The Labute approximate surface area is 138 Å². The van der Waals surface area contributed by atoms with Gasteiger partial charge in [-0.05, 0) is 25.0 Å². The number of carbonyl (C=O) groups excluding carboxylic acids is 1. The van der Waals surface area contributed by atoms with Gasteiger partial charge in [0, 0.05) is 36.6 Å². The summed E-state index contributed by atoms with van der Waals surface area (Å²) in [6.45, 7) is 3.80. The molecule has 7 nitrogen and oxygen atoms in total. The molecule has 3 N–H and O–H groups in total. The first-order chi connectivity index (χ1) is 11.5. The van der Waals surface area contributed by atoms with Crippen LogP contribution in [-0.4, -0.2) is 35.5 Å². The molecular weight excluding hydrogens is 308 g/mol. The zero-order chi connectivity index (χ0) is 17.1. The number of anilines is 1. The average Bonchev–Trinajstić information content (AvgIpc) is 2.94. The van der Waals surface area contributed by atoms with Gasteiger partial charge in [0.2, 0.25) is 5.91 Å². The van der Waals surface area contributed by atoms with Crippen LogP contribution in [0.4, 0.5) is 5.69 Å². The molecule has 24 heavy (non-hydrogen) atoms. The second-order valence-electron chi connectivity index (χ2n) is 5.90. The quantitative estimate of drug-likeness (QED) is 0.725. The summed E-state index contributed by atoms with van der Waals surface area (Å²) in [5.41, 5.74) is 2.19. The first-order valence-electron chi connectivity index (χ1n) is 7.96. The number of amides is 1. The van der Waals surface area contributed by atoms with Crippen molar-refractivity contribution in [2.45, 2.75) is 19.8 Å². The van der Waals surface area contributed by atoms with E-state index in [1.165, 1.54) is 11.3 Å². The van der Waals surface area contributed by atoms with Crippen molar-refractivity contribution < 1.29 is 4.79 Å². The molecule has 0 unspecified atom stereocenters. The van der Waals surface area contributed by atoms with Gasteiger partial charge in [0.25, 0.3) is 5.56 Å². The topological polar surface area (TPSA) is 98.1 Å². The summed E-state index contributed by atoms with van der Waals surface area (Å²) in [7, 11) is 0. The number of rotatable bonds is 5. The molecule has 0 saturated carbocycles. The maximum Gasteiger partial charge on any atom is 0.325 e. The summed E-state index contributed by atoms with van der Waals surface area (Å²) in [5, 5.41) is 2.83. The molecule has 1 aliphatic rings. The van der Waals surface area contributed by atoms with E-state index < -0.39 is 11.2 Å². The van der Waals surface area contributed by atoms with E-state index in [0.717, 1.165) is 19.5 Å². The number of aromatic nitrogens is 2. The highest BCUT2D eigenvalue weighted by atomic mass is 16.2. The molecule has 0 fully saturated rings. The highest BCUT2D eigenvalue weighted by Crippen LogP contribution is 2.26. The van der Waals surface area contributed by atoms with Gasteiger partial charge in [0.15, 0.2) is 0 Å². The molecule has 1 aromatic carbocycles. The molecule has 1 aliphatic heterocycles. The van der Waals surface area contributed by atoms with Crippen LogP contribution in [0.2, 0.25) is 0 Å². The summed E-state index contributed by atoms with van der Waals surface area (Å²) in [5.74, 6) is -0.233. The second kappa shape index (κ2) is 6.74. The van der Waals surface area contributed by atoms with E-state index in [1.807, 2.05) is 12.1 Å². The Bertz CT molecular complexity index is 869. The van der Waals surface area contributed by atoms with Crippen LogP contribution in [-0.2, 0) is 17.6 Å². The summed E-state index contributed by atoms with van der Waals surface area (Å²) in [4.78, 5) is 41.8. The molecule has 1 aromatic heterocycles. The molecule has 3 rings (SSSR count). The summed E-state index contributed by atoms with van der Waals surface area (Å²) >= 11 is 0. The predicted molar refractivity (Wildman–Crippen MR) is 91.5 cm³/mol. The fraction of sp³-hybridized carbons (Fsp3) is 0.353. The van der Waals surface area contributed by atoms with Crippen molar-refractivity contribution in [3.63, 3.8) is 0 Å². The number of hydrogen-bond acceptors (Lipinski definition) is 4. The van der Waals surface area contributed by atoms with Crippen molar-refractivity contribution in [1.82, 2.24) is 15.3 Å². The van der Waals surface area contributed by atoms with Crippen molar-refractivity contribution in [1.29, 1.82) is 0 Å². The number of hydrogen-bond donors (Lipinski definition) is 3. The highest BCUT2D eigenvalue weighted by molar-refractivity contribution is 5.78. The van der Waals surface area contributed by atoms with Crippen LogP contribution >= 0.6 is 0 Å². The van der Waals surface area contributed by atoms with E-state index in [1.54, 1.807) is 6.92 Å². The number of benzene rings is 1. The Balaban J connectivity index is 1.54. The monoisotopic (exact) mass is 328 g/mol. The molecule has 0 bridgehead atoms. The molecule has 0 spiro atoms. The predicted octanol–water partition coefficient (Wildman–Crippen LogP) is 0.0930. The molecule has 2 aromatic rings. The number of nitrogens with zero attached hydrogens (tertiary/aromatic N) is 1. The Hall–Kier alpha value is -2.83. The van der Waals surface area contributed by atoms with Gasteiger partial charge < -0.3 is 15.2 Å². The smallest absolute Gasteiger partial charge is 0.325 e. The van der Waals surface area contributed by atoms with Gasteiger partial charge in [-0.25, -0.2) is 4.79 Å². The van der Waals surface area contributed by atoms with Gasteiger partial charge >= 0.3 is 5.69 Å². The molecule has 0 radical (unpaired) electrons. The molecule has 0 saturated heterocycles. The minimum absolute atomic E-state index is 0.0471. The lowest BCUT2D eigenvalue weighted by Gasteiger charge is -2.19. The Morgan fingerprint density at radius 2 is 2.04 bits per heavy atom. The summed E-state index contributed by atoms with van der Waals surface area (Å²) < 4.78 is 0. The number of para-hydroxylation sites is 1. The lowest BCUT2D eigenvalue weighted by molar-refractivity contribution is -0.120. The third-order valence-electron chi connectivity index (χ3n) is 4.28. The van der Waals surface area contributed by atoms with Crippen LogP contribution in [0.1, 0.15) is 16.8 Å². The zero-order valence-corrected chi connectivity index (χ0v) is 13.5. The van der Waals surface area contributed by atoms with E-state index in [-0.39, 0.29) is 12.3 Å². The van der Waals surface area contributed by atoms with E-state index in [4.69, 9.17) is 0 Å². The van der Waals surface area contributed by atoms with E-state index >= 15 is 0 Å². The number of fused-ring (bicyclic) bond motifs is 1. The Morgan fingerprint density at radius 3 is 2.83 bits per heavy atom. The van der Waals surface area contributed by atoms with Gasteiger partial charge in [0.1, 0.15) is 0 Å². The van der Waals surface area contributed by atoms with E-state index in [0.29, 0.717) is 17.8 Å². The van der Waals surface area contributed by atoms with Gasteiger partial charge in [-0.2, -0.15) is 0 Å². The summed E-state index contributed by atoms with van der Waals surface area (Å²) in [6.07, 6.45) is 0.977. The highest BCUT2D eigenvalue weighted by Gasteiger charge is 2.18. The molecule has 2 heterocycles. The Kier molecular flexibility index (Phi) is 4.50. The van der Waals surface area contributed by atoms with Gasteiger partial charge in [-0.15, -0.1) is 0 Å². The number of nitrogens with one attached hydrogen (secondary N) is 3. The normalized spacial score (nSPS) is 13.0. The Morgan fingerprint density at radius 1 is 1.25 bits per heavy atom. The van der Waals surface area contributed by atoms with Crippen LogP contribution in [0.5, 0.6) is 0 Å². The second-order valence-corrected chi connectivity index (χ2v) is 5.90. The fourth-order valence-electron chi connectivity index (χ4n) is 3.03. The average molecular weight is 328 g/mol. The van der Waals surface area contributed by atoms with Crippen LogP contribution in [0.15, 0.2) is 33.9 Å². The SMILES string of the molecule is Cc1[nH]c(=O)[nH]c(=O)c1CC(=O)NCCN1CCc2ccccc21. The van der Waals surface area contributed by atoms with Gasteiger partial charge in [0.05, 0.1) is 6.42 Å². The van der Waals surface area contributed by atoms with Crippen molar-refractivity contribution in [2.24, 2.45) is 0 Å². The minimum atomic E-state index is -0.561. The molecule has 0 aliphatic carbocycles. The fourth-order valence-corrected chi connectivity index (χ4v) is 3.03. The number of aromatic amines is 2. The number of carbonyl (C=O) groups is 1. The van der Waals surface area contributed by atoms with Crippen LogP contribution in [0.3, 0.4) is 0 Å². The lowest BCUT2D eigenvalue weighted by Crippen LogP contribution is -2.36. The van der Waals surface area contributed by atoms with Crippen molar-refractivity contribution in [3.8, 4) is 0 Å². The lowest BCUT2D eigenvalue weighted by atomic mass is 10.1. The third-order valence-corrected chi connectivity index (χ3v) is 4.28. The van der Waals surface area contributed by atoms with Crippen LogP contribution in [0.25, 0.3) is 0 Å². The third kappa shape index (κ3) is 3.40. The first-order valence-corrected chi connectivity index (χ1v) is 7.96. The van der Waals surface area contributed by atoms with Crippen molar-refractivity contribution >= 4 is 11.6 Å². The largest absolute Gasteiger partial charge is 0.369 e. The minimum Gasteiger partial charge on any atom is -0.369 e. The van der Waals surface area contributed by atoms with Crippen LogP contribution in [0, 0.1) is 6.92 Å². The maximum atomic E-state index is 12.0. The van der Waals surface area contributed by atoms with Crippen LogP contribution < -0.4 is 21.5 Å². The summed E-state index contributed by atoms with van der Waals surface area (Å²) in [6, 6.07) is 8.27. The molecule has 0 atom stereocenters. The van der Waals surface area contributed by atoms with Gasteiger partial charge in [-0.3, -0.25) is 14.6 Å². The van der Waals surface area contributed by atoms with E-state index in [9.17, 15) is 14.4 Å². The standard InChI is InChI=1S/C17H20N4O3/c1-11-13(16(23)20-17(24)19-11)10-15(22)18-7-9-21-8-6-12-4-2-3-5-14(12)21/h2-5H,6-10H2,1H3,(H,18,22)(H2,19,20,23,24). The molecule has 7 heteroatoms. The number of H-pyrrole nitrogens is 2. The molecule has 126 valence electrons.